The quantitative estimate of drug-likeness (QED) is 0.663. The van der Waals surface area contributed by atoms with Gasteiger partial charge in [-0.25, -0.2) is 4.39 Å². The predicted molar refractivity (Wildman–Crippen MR) is 82.9 cm³/mol. The number of phenols is 1. The number of nitrogens with one attached hydrogen (secondary N) is 1. The third-order valence-electron chi connectivity index (χ3n) is 3.21. The van der Waals surface area contributed by atoms with E-state index in [9.17, 15) is 9.50 Å². The van der Waals surface area contributed by atoms with Crippen molar-refractivity contribution < 1.29 is 9.50 Å². The minimum atomic E-state index is -0.627. The molecule has 1 heterocycles. The highest BCUT2D eigenvalue weighted by molar-refractivity contribution is 5.79. The number of hydrogen-bond acceptors (Lipinski definition) is 3. The first-order valence-corrected chi connectivity index (χ1v) is 6.86. The zero-order valence-electron chi connectivity index (χ0n) is 12.9. The van der Waals surface area contributed by atoms with Crippen molar-refractivity contribution in [3.05, 3.63) is 47.5 Å². The highest BCUT2D eigenvalue weighted by atomic mass is 19.1. The number of aliphatic imine (C=N–C) groups is 1. The van der Waals surface area contributed by atoms with Gasteiger partial charge in [0.25, 0.3) is 0 Å². The molecule has 6 nitrogen and oxygen atoms in total. The van der Waals surface area contributed by atoms with Crippen LogP contribution in [0.25, 0.3) is 0 Å². The summed E-state index contributed by atoms with van der Waals surface area (Å²) in [6.45, 7) is 1.08. The van der Waals surface area contributed by atoms with Gasteiger partial charge in [0.15, 0.2) is 17.5 Å². The van der Waals surface area contributed by atoms with Crippen LogP contribution in [0, 0.1) is 5.82 Å². The van der Waals surface area contributed by atoms with Gasteiger partial charge in [0.2, 0.25) is 0 Å². The Morgan fingerprint density at radius 1 is 1.45 bits per heavy atom. The van der Waals surface area contributed by atoms with E-state index in [4.69, 9.17) is 0 Å². The first-order chi connectivity index (χ1) is 10.5. The Hall–Kier alpha value is -2.57. The van der Waals surface area contributed by atoms with Gasteiger partial charge in [-0.2, -0.15) is 5.10 Å². The van der Waals surface area contributed by atoms with E-state index in [-0.39, 0.29) is 5.75 Å². The Morgan fingerprint density at radius 3 is 2.82 bits per heavy atom. The number of hydrogen-bond donors (Lipinski definition) is 2. The fourth-order valence-electron chi connectivity index (χ4n) is 2.13. The molecule has 118 valence electrons. The fraction of sp³-hybridized carbons (Fsp3) is 0.333. The Labute approximate surface area is 128 Å². The van der Waals surface area contributed by atoms with E-state index >= 15 is 0 Å². The topological polar surface area (TPSA) is 65.7 Å². The summed E-state index contributed by atoms with van der Waals surface area (Å²) in [5.41, 5.74) is 1.80. The molecule has 2 rings (SSSR count). The minimum Gasteiger partial charge on any atom is -0.505 e. The van der Waals surface area contributed by atoms with Gasteiger partial charge in [0.05, 0.1) is 6.20 Å². The van der Waals surface area contributed by atoms with E-state index < -0.39 is 5.82 Å². The van der Waals surface area contributed by atoms with Gasteiger partial charge in [-0.3, -0.25) is 9.67 Å². The molecule has 22 heavy (non-hydrogen) atoms. The average Bonchev–Trinajstić information content (AvgIpc) is 2.88. The van der Waals surface area contributed by atoms with E-state index in [2.05, 4.69) is 15.4 Å². The minimum absolute atomic E-state index is 0.346. The van der Waals surface area contributed by atoms with Crippen LogP contribution in [0.5, 0.6) is 5.75 Å². The Morgan fingerprint density at radius 2 is 2.23 bits per heavy atom. The average molecular weight is 305 g/mol. The lowest BCUT2D eigenvalue weighted by Gasteiger charge is -2.21. The van der Waals surface area contributed by atoms with E-state index in [1.165, 1.54) is 12.1 Å². The smallest absolute Gasteiger partial charge is 0.193 e. The van der Waals surface area contributed by atoms with Crippen molar-refractivity contribution in [3.63, 3.8) is 0 Å². The van der Waals surface area contributed by atoms with Crippen molar-refractivity contribution in [2.24, 2.45) is 12.0 Å². The van der Waals surface area contributed by atoms with E-state index in [1.807, 2.05) is 25.2 Å². The number of aromatic hydroxyl groups is 1. The molecular weight excluding hydrogens is 285 g/mol. The second kappa shape index (κ2) is 6.93. The van der Waals surface area contributed by atoms with Gasteiger partial charge < -0.3 is 15.3 Å². The van der Waals surface area contributed by atoms with Gasteiger partial charge >= 0.3 is 0 Å². The molecule has 1 aromatic carbocycles. The summed E-state index contributed by atoms with van der Waals surface area (Å²) in [5.74, 6) is -0.280. The summed E-state index contributed by atoms with van der Waals surface area (Å²) in [5, 5.41) is 16.5. The fourth-order valence-corrected chi connectivity index (χ4v) is 2.13. The summed E-state index contributed by atoms with van der Waals surface area (Å²) in [7, 11) is 5.48. The number of halogens is 1. The summed E-state index contributed by atoms with van der Waals surface area (Å²) in [6.07, 6.45) is 3.75. The van der Waals surface area contributed by atoms with Gasteiger partial charge in [-0.15, -0.1) is 0 Å². The Kier molecular flexibility index (Phi) is 4.98. The molecule has 0 aliphatic heterocycles. The van der Waals surface area contributed by atoms with Gasteiger partial charge in [-0.05, 0) is 17.7 Å². The SMILES string of the molecule is CN=C(NCc1ccc(O)c(F)c1)N(C)Cc1cnn(C)c1. The maximum atomic E-state index is 13.3. The number of guanidine groups is 1. The Balaban J connectivity index is 1.95. The van der Waals surface area contributed by atoms with Crippen molar-refractivity contribution in [3.8, 4) is 5.75 Å². The number of nitrogens with zero attached hydrogens (tertiary/aromatic N) is 4. The summed E-state index contributed by atoms with van der Waals surface area (Å²) in [4.78, 5) is 6.16. The molecule has 0 bridgehead atoms. The molecule has 0 amide bonds. The lowest BCUT2D eigenvalue weighted by atomic mass is 10.2. The molecule has 0 aliphatic carbocycles. The van der Waals surface area contributed by atoms with Crippen molar-refractivity contribution >= 4 is 5.96 Å². The number of phenolic OH excluding ortho intramolecular Hbond substituents is 1. The third-order valence-corrected chi connectivity index (χ3v) is 3.21. The van der Waals surface area contributed by atoms with Crippen LogP contribution in [0.4, 0.5) is 4.39 Å². The number of benzene rings is 1. The standard InChI is InChI=1S/C15H20FN5O/c1-17-15(20(2)9-12-8-19-21(3)10-12)18-7-11-4-5-14(22)13(16)6-11/h4-6,8,10,22H,7,9H2,1-3H3,(H,17,18). The van der Waals surface area contributed by atoms with Gasteiger partial charge in [0, 0.05) is 46.0 Å². The predicted octanol–water partition coefficient (Wildman–Crippen LogP) is 1.47. The zero-order valence-corrected chi connectivity index (χ0v) is 12.9. The summed E-state index contributed by atoms with van der Waals surface area (Å²) in [6, 6.07) is 4.31. The Bertz CT molecular complexity index is 668. The highest BCUT2D eigenvalue weighted by Gasteiger charge is 2.08. The molecule has 0 atom stereocenters. The van der Waals surface area contributed by atoms with Crippen LogP contribution in [-0.4, -0.2) is 39.8 Å². The van der Waals surface area contributed by atoms with Crippen molar-refractivity contribution in [2.45, 2.75) is 13.1 Å². The van der Waals surface area contributed by atoms with E-state index in [0.29, 0.717) is 19.0 Å². The molecule has 7 heteroatoms. The lowest BCUT2D eigenvalue weighted by Crippen LogP contribution is -2.38. The highest BCUT2D eigenvalue weighted by Crippen LogP contribution is 2.16. The van der Waals surface area contributed by atoms with Crippen LogP contribution in [0.15, 0.2) is 35.6 Å². The normalized spacial score (nSPS) is 11.5. The maximum Gasteiger partial charge on any atom is 0.193 e. The summed E-state index contributed by atoms with van der Waals surface area (Å²) >= 11 is 0. The number of aryl methyl sites for hydroxylation is 1. The van der Waals surface area contributed by atoms with E-state index in [0.717, 1.165) is 11.1 Å². The number of aromatic nitrogens is 2. The van der Waals surface area contributed by atoms with Crippen molar-refractivity contribution in [1.29, 1.82) is 0 Å². The van der Waals surface area contributed by atoms with Crippen LogP contribution in [0.2, 0.25) is 0 Å². The monoisotopic (exact) mass is 305 g/mol. The van der Waals surface area contributed by atoms with Crippen molar-refractivity contribution in [2.75, 3.05) is 14.1 Å². The van der Waals surface area contributed by atoms with Crippen LogP contribution in [-0.2, 0) is 20.1 Å². The summed E-state index contributed by atoms with van der Waals surface area (Å²) < 4.78 is 15.1. The van der Waals surface area contributed by atoms with Crippen molar-refractivity contribution in [1.82, 2.24) is 20.0 Å². The molecule has 2 aromatic rings. The first-order valence-electron chi connectivity index (χ1n) is 6.86. The molecule has 0 fully saturated rings. The number of rotatable bonds is 4. The van der Waals surface area contributed by atoms with Gasteiger partial charge in [-0.1, -0.05) is 6.07 Å². The molecule has 0 saturated carbocycles. The molecule has 0 aliphatic rings. The van der Waals surface area contributed by atoms with Crippen LogP contribution in [0.3, 0.4) is 0 Å². The van der Waals surface area contributed by atoms with E-state index in [1.54, 1.807) is 24.0 Å². The van der Waals surface area contributed by atoms with Crippen LogP contribution >= 0.6 is 0 Å². The second-order valence-corrected chi connectivity index (χ2v) is 5.06. The molecule has 0 saturated heterocycles. The molecule has 2 N–H and O–H groups in total. The third kappa shape index (κ3) is 3.97. The molecule has 0 radical (unpaired) electrons. The van der Waals surface area contributed by atoms with Gasteiger partial charge in [0.1, 0.15) is 0 Å². The molecule has 1 aromatic heterocycles. The molecule has 0 unspecified atom stereocenters. The second-order valence-electron chi connectivity index (χ2n) is 5.06. The maximum absolute atomic E-state index is 13.3. The zero-order chi connectivity index (χ0) is 16.1. The molecular formula is C15H20FN5O. The van der Waals surface area contributed by atoms with Crippen LogP contribution in [0.1, 0.15) is 11.1 Å². The first kappa shape index (κ1) is 15.8. The van der Waals surface area contributed by atoms with Crippen LogP contribution < -0.4 is 5.32 Å². The molecule has 0 spiro atoms. The largest absolute Gasteiger partial charge is 0.505 e. The lowest BCUT2D eigenvalue weighted by molar-refractivity contribution is 0.431.